The highest BCUT2D eigenvalue weighted by molar-refractivity contribution is 5.76. The molecule has 0 bridgehead atoms. The zero-order valence-corrected chi connectivity index (χ0v) is 17.0. The molecule has 2 N–H and O–H groups in total. The number of carbonyl (C=O) groups is 1. The second kappa shape index (κ2) is 10.1. The number of hydrogen-bond acceptors (Lipinski definition) is 3. The van der Waals surface area contributed by atoms with Gasteiger partial charge in [0.25, 0.3) is 5.91 Å². The summed E-state index contributed by atoms with van der Waals surface area (Å²) in [5, 5.41) is 3.10. The smallest absolute Gasteiger partial charge is 0.275 e. The largest absolute Gasteiger partial charge is 0.492 e. The Morgan fingerprint density at radius 1 is 1.11 bits per heavy atom. The Hall–Kier alpha value is -2.53. The minimum Gasteiger partial charge on any atom is -0.492 e. The first-order valence-electron chi connectivity index (χ1n) is 10.3. The van der Waals surface area contributed by atoms with E-state index in [9.17, 15) is 4.79 Å². The lowest BCUT2D eigenvalue weighted by molar-refractivity contribution is -0.892. The molecule has 0 aromatic heterocycles. The van der Waals surface area contributed by atoms with Gasteiger partial charge in [0.05, 0.1) is 38.5 Å². The van der Waals surface area contributed by atoms with Gasteiger partial charge in [0.2, 0.25) is 0 Å². The molecule has 3 rings (SSSR count). The Morgan fingerprint density at radius 3 is 2.50 bits per heavy atom. The molecule has 1 fully saturated rings. The summed E-state index contributed by atoms with van der Waals surface area (Å²) < 4.78 is 5.76. The molecule has 1 aliphatic rings. The van der Waals surface area contributed by atoms with Crippen LogP contribution in [0.5, 0.6) is 5.75 Å². The third-order valence-corrected chi connectivity index (χ3v) is 5.36. The maximum atomic E-state index is 12.4. The number of ether oxygens (including phenoxy) is 1. The third-order valence-electron chi connectivity index (χ3n) is 5.36. The van der Waals surface area contributed by atoms with E-state index >= 15 is 0 Å². The molecular weight excluding hydrogens is 350 g/mol. The molecule has 0 spiro atoms. The van der Waals surface area contributed by atoms with E-state index in [1.54, 1.807) is 0 Å². The lowest BCUT2D eigenvalue weighted by Gasteiger charge is -2.34. The van der Waals surface area contributed by atoms with Gasteiger partial charge in [-0.1, -0.05) is 49.4 Å². The zero-order valence-electron chi connectivity index (χ0n) is 17.0. The van der Waals surface area contributed by atoms with Crippen molar-refractivity contribution in [2.75, 3.05) is 50.8 Å². The van der Waals surface area contributed by atoms with Crippen molar-refractivity contribution < 1.29 is 14.4 Å². The minimum atomic E-state index is 0.140. The Balaban J connectivity index is 1.43. The molecule has 150 valence electrons. The van der Waals surface area contributed by atoms with E-state index in [-0.39, 0.29) is 5.91 Å². The maximum Gasteiger partial charge on any atom is 0.275 e. The van der Waals surface area contributed by atoms with Crippen LogP contribution in [0.2, 0.25) is 0 Å². The van der Waals surface area contributed by atoms with Gasteiger partial charge in [0.15, 0.2) is 6.54 Å². The molecular formula is C23H32N3O2+. The van der Waals surface area contributed by atoms with Crippen molar-refractivity contribution in [3.05, 3.63) is 60.2 Å². The summed E-state index contributed by atoms with van der Waals surface area (Å²) in [6, 6.07) is 18.5. The fourth-order valence-electron chi connectivity index (χ4n) is 3.69. The van der Waals surface area contributed by atoms with Crippen molar-refractivity contribution in [1.29, 1.82) is 0 Å². The van der Waals surface area contributed by atoms with Gasteiger partial charge in [0.1, 0.15) is 5.75 Å². The highest BCUT2D eigenvalue weighted by Gasteiger charge is 2.24. The summed E-state index contributed by atoms with van der Waals surface area (Å²) in [5.41, 5.74) is 2.42. The van der Waals surface area contributed by atoms with E-state index in [4.69, 9.17) is 4.74 Å². The second-order valence-corrected chi connectivity index (χ2v) is 7.43. The summed E-state index contributed by atoms with van der Waals surface area (Å²) in [6.07, 6.45) is 0. The number of nitrogens with zero attached hydrogens (tertiary/aromatic N) is 1. The van der Waals surface area contributed by atoms with Crippen LogP contribution in [0, 0.1) is 0 Å². The number of nitrogens with one attached hydrogen (secondary N) is 2. The van der Waals surface area contributed by atoms with Crippen LogP contribution in [-0.2, 0) is 4.79 Å². The average molecular weight is 383 g/mol. The predicted octanol–water partition coefficient (Wildman–Crippen LogP) is 1.71. The Kier molecular flexibility index (Phi) is 7.31. The van der Waals surface area contributed by atoms with E-state index in [2.05, 4.69) is 41.4 Å². The average Bonchev–Trinajstić information content (AvgIpc) is 2.74. The molecule has 5 nitrogen and oxygen atoms in total. The van der Waals surface area contributed by atoms with Gasteiger partial charge in [-0.3, -0.25) is 4.79 Å². The highest BCUT2D eigenvalue weighted by atomic mass is 16.5. The maximum absolute atomic E-state index is 12.4. The van der Waals surface area contributed by atoms with E-state index in [0.717, 1.165) is 37.6 Å². The zero-order chi connectivity index (χ0) is 19.8. The normalized spacial score (nSPS) is 15.9. The second-order valence-electron chi connectivity index (χ2n) is 7.43. The number of quaternary nitrogens is 1. The number of hydrogen-bond donors (Lipinski definition) is 2. The summed E-state index contributed by atoms with van der Waals surface area (Å²) in [6.45, 7) is 9.86. The number of amides is 1. The molecule has 5 heteroatoms. The van der Waals surface area contributed by atoms with Gasteiger partial charge < -0.3 is 19.9 Å². The molecule has 0 saturated carbocycles. The van der Waals surface area contributed by atoms with Gasteiger partial charge in [-0.15, -0.1) is 0 Å². The predicted molar refractivity (Wildman–Crippen MR) is 113 cm³/mol. The Bertz CT molecular complexity index is 743. The first-order valence-corrected chi connectivity index (χ1v) is 10.3. The number of benzene rings is 2. The van der Waals surface area contributed by atoms with Crippen molar-refractivity contribution >= 4 is 11.6 Å². The Labute approximate surface area is 168 Å². The fraction of sp³-hybridized carbons (Fsp3) is 0.435. The summed E-state index contributed by atoms with van der Waals surface area (Å²) in [4.78, 5) is 16.1. The van der Waals surface area contributed by atoms with Crippen molar-refractivity contribution in [3.63, 3.8) is 0 Å². The molecule has 28 heavy (non-hydrogen) atoms. The van der Waals surface area contributed by atoms with Crippen molar-refractivity contribution in [1.82, 2.24) is 5.32 Å². The summed E-state index contributed by atoms with van der Waals surface area (Å²) in [5.74, 6) is 1.41. The van der Waals surface area contributed by atoms with Gasteiger partial charge in [-0.25, -0.2) is 0 Å². The van der Waals surface area contributed by atoms with Crippen molar-refractivity contribution in [2.45, 2.75) is 19.8 Å². The van der Waals surface area contributed by atoms with Crippen LogP contribution in [0.4, 0.5) is 5.69 Å². The third kappa shape index (κ3) is 5.49. The topological polar surface area (TPSA) is 46.0 Å². The SMILES string of the molecule is CCOc1ccccc1N1CC[NH+](CC(=O)NC[C@H](C)c2ccccc2)CC1. The lowest BCUT2D eigenvalue weighted by atomic mass is 10.0. The van der Waals surface area contributed by atoms with Crippen LogP contribution in [0.15, 0.2) is 54.6 Å². The number of para-hydroxylation sites is 2. The van der Waals surface area contributed by atoms with Gasteiger partial charge in [-0.2, -0.15) is 0 Å². The van der Waals surface area contributed by atoms with Gasteiger partial charge in [0, 0.05) is 6.54 Å². The van der Waals surface area contributed by atoms with E-state index in [0.29, 0.717) is 25.6 Å². The molecule has 1 amide bonds. The van der Waals surface area contributed by atoms with Gasteiger partial charge >= 0.3 is 0 Å². The van der Waals surface area contributed by atoms with Crippen LogP contribution in [0.3, 0.4) is 0 Å². The Morgan fingerprint density at radius 2 is 1.79 bits per heavy atom. The summed E-state index contributed by atoms with van der Waals surface area (Å²) in [7, 11) is 0. The van der Waals surface area contributed by atoms with Crippen LogP contribution in [0.25, 0.3) is 0 Å². The van der Waals surface area contributed by atoms with E-state index < -0.39 is 0 Å². The van der Waals surface area contributed by atoms with E-state index in [1.807, 2.05) is 37.3 Å². The number of rotatable bonds is 8. The first-order chi connectivity index (χ1) is 13.7. The standard InChI is InChI=1S/C23H31N3O2/c1-3-28-22-12-8-7-11-21(22)26-15-13-25(14-16-26)18-23(27)24-17-19(2)20-9-5-4-6-10-20/h4-12,19H,3,13-18H2,1-2H3,(H,24,27)/p+1/t19-/m0/s1. The summed E-state index contributed by atoms with van der Waals surface area (Å²) >= 11 is 0. The molecule has 0 radical (unpaired) electrons. The lowest BCUT2D eigenvalue weighted by Crippen LogP contribution is -3.16. The van der Waals surface area contributed by atoms with Crippen LogP contribution < -0.4 is 19.9 Å². The molecule has 1 atom stereocenters. The molecule has 0 unspecified atom stereocenters. The molecule has 1 saturated heterocycles. The highest BCUT2D eigenvalue weighted by Crippen LogP contribution is 2.27. The molecule has 2 aromatic carbocycles. The number of carbonyl (C=O) groups excluding carboxylic acids is 1. The monoisotopic (exact) mass is 382 g/mol. The van der Waals surface area contributed by atoms with Crippen LogP contribution >= 0.6 is 0 Å². The molecule has 1 aliphatic heterocycles. The van der Waals surface area contributed by atoms with Gasteiger partial charge in [-0.05, 0) is 30.5 Å². The molecule has 0 aliphatic carbocycles. The number of anilines is 1. The fourth-order valence-corrected chi connectivity index (χ4v) is 3.69. The minimum absolute atomic E-state index is 0.140. The quantitative estimate of drug-likeness (QED) is 0.731. The van der Waals surface area contributed by atoms with Crippen LogP contribution in [0.1, 0.15) is 25.3 Å². The molecule has 2 aromatic rings. The molecule has 1 heterocycles. The van der Waals surface area contributed by atoms with E-state index in [1.165, 1.54) is 10.5 Å². The first kappa shape index (κ1) is 20.2. The van der Waals surface area contributed by atoms with Crippen molar-refractivity contribution in [2.24, 2.45) is 0 Å². The van der Waals surface area contributed by atoms with Crippen LogP contribution in [-0.4, -0.2) is 51.8 Å². The number of piperazine rings is 1. The van der Waals surface area contributed by atoms with Crippen molar-refractivity contribution in [3.8, 4) is 5.75 Å².